The molecule has 2 N–H and O–H groups in total. The van der Waals surface area contributed by atoms with Crippen LogP contribution in [-0.2, 0) is 14.6 Å². The molecule has 0 aliphatic rings. The van der Waals surface area contributed by atoms with Crippen LogP contribution in [0.2, 0.25) is 0 Å². The largest absolute Gasteiger partial charge is 0.379 e. The summed E-state index contributed by atoms with van der Waals surface area (Å²) < 4.78 is 26.9. The van der Waals surface area contributed by atoms with Gasteiger partial charge in [-0.2, -0.15) is 11.8 Å². The molecule has 0 fully saturated rings. The van der Waals surface area contributed by atoms with Gasteiger partial charge >= 0.3 is 0 Å². The van der Waals surface area contributed by atoms with Crippen molar-refractivity contribution >= 4 is 51.5 Å². The molecule has 0 unspecified atom stereocenters. The molecular formula is C10H24IN3O3S2. The second-order valence-electron chi connectivity index (χ2n) is 3.66. The summed E-state index contributed by atoms with van der Waals surface area (Å²) in [5.74, 6) is 1.81. The molecule has 6 nitrogen and oxygen atoms in total. The van der Waals surface area contributed by atoms with Gasteiger partial charge in [0.2, 0.25) is 0 Å². The molecular weight excluding hydrogens is 401 g/mol. The lowest BCUT2D eigenvalue weighted by Gasteiger charge is -2.11. The fourth-order valence-corrected chi connectivity index (χ4v) is 1.77. The number of hydrogen-bond acceptors (Lipinski definition) is 5. The molecule has 0 aliphatic heterocycles. The zero-order valence-electron chi connectivity index (χ0n) is 11.6. The number of sulfone groups is 1. The van der Waals surface area contributed by atoms with E-state index in [4.69, 9.17) is 4.74 Å². The Morgan fingerprint density at radius 2 is 1.89 bits per heavy atom. The van der Waals surface area contributed by atoms with Crippen molar-refractivity contribution in [2.45, 2.75) is 0 Å². The van der Waals surface area contributed by atoms with Gasteiger partial charge in [-0.15, -0.1) is 24.0 Å². The van der Waals surface area contributed by atoms with Gasteiger partial charge in [0.1, 0.15) is 9.84 Å². The molecule has 0 bridgehead atoms. The molecule has 0 spiro atoms. The molecule has 0 aliphatic carbocycles. The number of guanidine groups is 1. The van der Waals surface area contributed by atoms with Crippen molar-refractivity contribution in [3.05, 3.63) is 0 Å². The third-order valence-electron chi connectivity index (χ3n) is 1.96. The summed E-state index contributed by atoms with van der Waals surface area (Å²) in [5.41, 5.74) is 0. The molecule has 0 amide bonds. The maximum atomic E-state index is 10.8. The summed E-state index contributed by atoms with van der Waals surface area (Å²) in [6, 6.07) is 0. The Morgan fingerprint density at radius 3 is 2.42 bits per heavy atom. The first-order valence-corrected chi connectivity index (χ1v) is 9.14. The number of hydrogen-bond donors (Lipinski definition) is 2. The maximum absolute atomic E-state index is 10.8. The van der Waals surface area contributed by atoms with Crippen molar-refractivity contribution in [3.63, 3.8) is 0 Å². The third kappa shape index (κ3) is 16.2. The summed E-state index contributed by atoms with van der Waals surface area (Å²) in [7, 11) is -1.22. The van der Waals surface area contributed by atoms with Gasteiger partial charge in [-0.05, 0) is 6.26 Å². The van der Waals surface area contributed by atoms with Crippen molar-refractivity contribution in [3.8, 4) is 0 Å². The van der Waals surface area contributed by atoms with Crippen LogP contribution in [0.5, 0.6) is 0 Å². The molecule has 0 saturated carbocycles. The van der Waals surface area contributed by atoms with Gasteiger partial charge in [-0.3, -0.25) is 4.99 Å². The summed E-state index contributed by atoms with van der Waals surface area (Å²) in [5, 5.41) is 6.23. The van der Waals surface area contributed by atoms with Gasteiger partial charge in [0.05, 0.1) is 19.0 Å². The van der Waals surface area contributed by atoms with Crippen LogP contribution in [0.3, 0.4) is 0 Å². The van der Waals surface area contributed by atoms with E-state index in [0.717, 1.165) is 18.3 Å². The SMILES string of the molecule is CN=C(NCCOCCS(C)(=O)=O)NCCSC.I. The van der Waals surface area contributed by atoms with Crippen molar-refractivity contribution in [1.29, 1.82) is 0 Å². The number of nitrogens with zero attached hydrogens (tertiary/aromatic N) is 1. The molecule has 0 aromatic heterocycles. The number of ether oxygens (including phenoxy) is 1. The number of nitrogens with one attached hydrogen (secondary N) is 2. The third-order valence-corrected chi connectivity index (χ3v) is 3.48. The number of aliphatic imine (C=N–C) groups is 1. The zero-order valence-corrected chi connectivity index (χ0v) is 15.6. The van der Waals surface area contributed by atoms with Crippen LogP contribution >= 0.6 is 35.7 Å². The van der Waals surface area contributed by atoms with Crippen LogP contribution < -0.4 is 10.6 Å². The summed E-state index contributed by atoms with van der Waals surface area (Å²) in [4.78, 5) is 4.05. The van der Waals surface area contributed by atoms with Crippen molar-refractivity contribution in [1.82, 2.24) is 10.6 Å². The fourth-order valence-electron chi connectivity index (χ4n) is 1.05. The Balaban J connectivity index is 0. The van der Waals surface area contributed by atoms with E-state index in [9.17, 15) is 8.42 Å². The van der Waals surface area contributed by atoms with E-state index in [0.29, 0.717) is 13.2 Å². The highest BCUT2D eigenvalue weighted by atomic mass is 127. The van der Waals surface area contributed by atoms with E-state index in [-0.39, 0.29) is 36.3 Å². The van der Waals surface area contributed by atoms with Crippen molar-refractivity contribution in [2.75, 3.05) is 57.4 Å². The average molecular weight is 425 g/mol. The van der Waals surface area contributed by atoms with Crippen molar-refractivity contribution < 1.29 is 13.2 Å². The van der Waals surface area contributed by atoms with Crippen LogP contribution in [0.4, 0.5) is 0 Å². The van der Waals surface area contributed by atoms with Gasteiger partial charge < -0.3 is 15.4 Å². The second kappa shape index (κ2) is 13.3. The average Bonchev–Trinajstić information content (AvgIpc) is 2.30. The maximum Gasteiger partial charge on any atom is 0.191 e. The smallest absolute Gasteiger partial charge is 0.191 e. The Kier molecular flexibility index (Phi) is 15.0. The van der Waals surface area contributed by atoms with E-state index < -0.39 is 9.84 Å². The molecule has 0 heterocycles. The highest BCUT2D eigenvalue weighted by Gasteiger charge is 2.01. The lowest BCUT2D eigenvalue weighted by atomic mass is 10.6. The summed E-state index contributed by atoms with van der Waals surface area (Å²) in [6.45, 7) is 2.15. The first kappa shape index (κ1) is 21.6. The van der Waals surface area contributed by atoms with Crippen LogP contribution in [0.15, 0.2) is 4.99 Å². The van der Waals surface area contributed by atoms with Gasteiger partial charge in [0.15, 0.2) is 5.96 Å². The number of thioether (sulfide) groups is 1. The quantitative estimate of drug-likeness (QED) is 0.238. The predicted molar refractivity (Wildman–Crippen MR) is 93.7 cm³/mol. The van der Waals surface area contributed by atoms with Crippen LogP contribution in [0.1, 0.15) is 0 Å². The van der Waals surface area contributed by atoms with Gasteiger partial charge in [0.25, 0.3) is 0 Å². The number of rotatable bonds is 9. The van der Waals surface area contributed by atoms with Crippen LogP contribution in [0, 0.1) is 0 Å². The molecule has 19 heavy (non-hydrogen) atoms. The molecule has 0 aromatic rings. The monoisotopic (exact) mass is 425 g/mol. The second-order valence-corrected chi connectivity index (χ2v) is 6.91. The van der Waals surface area contributed by atoms with E-state index in [1.807, 2.05) is 6.26 Å². The van der Waals surface area contributed by atoms with E-state index in [1.54, 1.807) is 18.8 Å². The topological polar surface area (TPSA) is 79.8 Å². The van der Waals surface area contributed by atoms with E-state index >= 15 is 0 Å². The molecule has 116 valence electrons. The number of halogens is 1. The van der Waals surface area contributed by atoms with Crippen LogP contribution in [-0.4, -0.2) is 71.7 Å². The summed E-state index contributed by atoms with van der Waals surface area (Å²) >= 11 is 1.76. The molecule has 0 radical (unpaired) electrons. The first-order chi connectivity index (χ1) is 8.49. The normalized spacial score (nSPS) is 11.8. The Hall–Kier alpha value is 0.260. The zero-order chi connectivity index (χ0) is 13.9. The molecule has 0 rings (SSSR count). The Bertz CT molecular complexity index is 337. The highest BCUT2D eigenvalue weighted by molar-refractivity contribution is 14.0. The standard InChI is InChI=1S/C10H23N3O3S2.HI/c1-11-10(13-5-8-17-2)12-4-6-16-7-9-18(3,14)15;/h4-9H2,1-3H3,(H2,11,12,13);1H. The van der Waals surface area contributed by atoms with E-state index in [1.165, 1.54) is 6.26 Å². The molecule has 0 aromatic carbocycles. The fraction of sp³-hybridized carbons (Fsp3) is 0.900. The first-order valence-electron chi connectivity index (χ1n) is 5.68. The highest BCUT2D eigenvalue weighted by Crippen LogP contribution is 1.87. The Labute approximate surface area is 137 Å². The minimum atomic E-state index is -2.93. The van der Waals surface area contributed by atoms with Gasteiger partial charge in [0, 0.05) is 32.1 Å². The molecule has 0 atom stereocenters. The van der Waals surface area contributed by atoms with Gasteiger partial charge in [-0.1, -0.05) is 0 Å². The minimum absolute atomic E-state index is 0. The van der Waals surface area contributed by atoms with Crippen molar-refractivity contribution in [2.24, 2.45) is 4.99 Å². The van der Waals surface area contributed by atoms with E-state index in [2.05, 4.69) is 15.6 Å². The lowest BCUT2D eigenvalue weighted by molar-refractivity contribution is 0.154. The summed E-state index contributed by atoms with van der Waals surface area (Å²) in [6.07, 6.45) is 3.25. The van der Waals surface area contributed by atoms with Gasteiger partial charge in [-0.25, -0.2) is 8.42 Å². The lowest BCUT2D eigenvalue weighted by Crippen LogP contribution is -2.40. The molecule has 0 saturated heterocycles. The Morgan fingerprint density at radius 1 is 1.26 bits per heavy atom. The minimum Gasteiger partial charge on any atom is -0.379 e. The molecule has 9 heteroatoms. The van der Waals surface area contributed by atoms with Crippen LogP contribution in [0.25, 0.3) is 0 Å². The predicted octanol–water partition coefficient (Wildman–Crippen LogP) is 0.194.